The number of primary amides is 1. The van der Waals surface area contributed by atoms with Crippen LogP contribution < -0.4 is 25.4 Å². The van der Waals surface area contributed by atoms with Gasteiger partial charge in [-0.25, -0.2) is 0 Å². The highest BCUT2D eigenvalue weighted by atomic mass is 16.5. The molecule has 0 saturated carbocycles. The molecule has 0 bridgehead atoms. The van der Waals surface area contributed by atoms with Crippen LogP contribution in [0.4, 0.5) is 11.4 Å². The number of piperidine rings is 1. The number of nitrogens with zero attached hydrogens (tertiary/aromatic N) is 1. The molecule has 0 atom stereocenters. The van der Waals surface area contributed by atoms with Gasteiger partial charge in [0, 0.05) is 24.7 Å². The average Bonchev–Trinajstić information content (AvgIpc) is 2.82. The number of carbonyl (C=O) groups excluding carboxylic acids is 2. The van der Waals surface area contributed by atoms with E-state index in [2.05, 4.69) is 16.8 Å². The lowest BCUT2D eigenvalue weighted by atomic mass is 10.1. The van der Waals surface area contributed by atoms with E-state index in [4.69, 9.17) is 15.2 Å². The third-order valence-electron chi connectivity index (χ3n) is 5.21. The summed E-state index contributed by atoms with van der Waals surface area (Å²) in [6.45, 7) is 5.83. The lowest BCUT2D eigenvalue weighted by Crippen LogP contribution is -2.30. The minimum atomic E-state index is -0.535. The second-order valence-electron chi connectivity index (χ2n) is 7.48. The normalized spacial score (nSPS) is 13.6. The molecule has 1 fully saturated rings. The number of carbonyl (C=O) groups is 2. The Hall–Kier alpha value is -3.74. The van der Waals surface area contributed by atoms with E-state index in [0.29, 0.717) is 29.4 Å². The van der Waals surface area contributed by atoms with Crippen molar-refractivity contribution in [2.24, 2.45) is 5.73 Å². The quantitative estimate of drug-likeness (QED) is 0.459. The number of amides is 2. The Bertz CT molecular complexity index is 1010. The van der Waals surface area contributed by atoms with Gasteiger partial charge in [-0.05, 0) is 61.2 Å². The Labute approximate surface area is 188 Å². The third-order valence-corrected chi connectivity index (χ3v) is 5.21. The molecule has 0 spiro atoms. The Kier molecular flexibility index (Phi) is 7.91. The van der Waals surface area contributed by atoms with E-state index in [-0.39, 0.29) is 5.91 Å². The van der Waals surface area contributed by atoms with Crippen LogP contribution in [0, 0.1) is 0 Å². The second-order valence-corrected chi connectivity index (χ2v) is 7.48. The fourth-order valence-electron chi connectivity index (χ4n) is 3.60. The maximum Gasteiger partial charge on any atom is 0.248 e. The van der Waals surface area contributed by atoms with Crippen LogP contribution in [0.5, 0.6) is 11.5 Å². The highest BCUT2D eigenvalue weighted by Gasteiger charge is 2.17. The summed E-state index contributed by atoms with van der Waals surface area (Å²) >= 11 is 0. The summed E-state index contributed by atoms with van der Waals surface area (Å²) in [7, 11) is 1.56. The van der Waals surface area contributed by atoms with Crippen molar-refractivity contribution >= 4 is 29.3 Å². The van der Waals surface area contributed by atoms with Gasteiger partial charge in [0.1, 0.15) is 6.61 Å². The molecule has 2 aromatic carbocycles. The summed E-state index contributed by atoms with van der Waals surface area (Å²) in [4.78, 5) is 26.5. The predicted molar refractivity (Wildman–Crippen MR) is 127 cm³/mol. The molecule has 2 amide bonds. The van der Waals surface area contributed by atoms with Crippen LogP contribution in [-0.2, 0) is 4.79 Å². The van der Waals surface area contributed by atoms with Crippen molar-refractivity contribution in [3.05, 3.63) is 66.3 Å². The summed E-state index contributed by atoms with van der Waals surface area (Å²) in [6.07, 6.45) is 8.17. The maximum atomic E-state index is 12.7. The van der Waals surface area contributed by atoms with Gasteiger partial charge < -0.3 is 25.4 Å². The van der Waals surface area contributed by atoms with E-state index in [0.717, 1.165) is 37.2 Å². The molecule has 3 rings (SSSR count). The second kappa shape index (κ2) is 11.0. The van der Waals surface area contributed by atoms with Crippen molar-refractivity contribution in [2.75, 3.05) is 37.0 Å². The molecule has 7 nitrogen and oxygen atoms in total. The molecule has 1 aliphatic rings. The summed E-state index contributed by atoms with van der Waals surface area (Å²) in [5, 5.41) is 2.90. The molecule has 0 radical (unpaired) electrons. The molecule has 0 aliphatic carbocycles. The first-order valence-corrected chi connectivity index (χ1v) is 10.6. The van der Waals surface area contributed by atoms with Crippen molar-refractivity contribution in [2.45, 2.75) is 19.3 Å². The first-order valence-electron chi connectivity index (χ1n) is 10.6. The van der Waals surface area contributed by atoms with Crippen molar-refractivity contribution in [1.82, 2.24) is 0 Å². The minimum absolute atomic E-state index is 0.309. The smallest absolute Gasteiger partial charge is 0.248 e. The lowest BCUT2D eigenvalue weighted by Gasteiger charge is -2.30. The molecule has 1 aliphatic heterocycles. The largest absolute Gasteiger partial charge is 0.493 e. The van der Waals surface area contributed by atoms with Crippen LogP contribution in [-0.4, -0.2) is 38.6 Å². The molecular weight excluding hydrogens is 406 g/mol. The highest BCUT2D eigenvalue weighted by Crippen LogP contribution is 2.30. The molecule has 0 aromatic heterocycles. The molecule has 1 saturated heterocycles. The maximum absolute atomic E-state index is 12.7. The number of anilines is 2. The predicted octanol–water partition coefficient (Wildman–Crippen LogP) is 4.00. The molecular formula is C25H29N3O4. The number of nitrogens with one attached hydrogen (secondary N) is 1. The number of rotatable bonds is 9. The van der Waals surface area contributed by atoms with Crippen LogP contribution in [0.1, 0.15) is 35.2 Å². The zero-order valence-corrected chi connectivity index (χ0v) is 18.3. The van der Waals surface area contributed by atoms with E-state index >= 15 is 0 Å². The van der Waals surface area contributed by atoms with Gasteiger partial charge in [-0.2, -0.15) is 0 Å². The number of nitrogens with two attached hydrogens (primary N) is 1. The van der Waals surface area contributed by atoms with Crippen molar-refractivity contribution in [1.29, 1.82) is 0 Å². The third kappa shape index (κ3) is 5.91. The van der Waals surface area contributed by atoms with Gasteiger partial charge in [0.2, 0.25) is 11.8 Å². The lowest BCUT2D eigenvalue weighted by molar-refractivity contribution is -0.111. The molecule has 3 N–H and O–H groups in total. The van der Waals surface area contributed by atoms with Crippen LogP contribution in [0.25, 0.3) is 6.08 Å². The number of benzene rings is 2. The van der Waals surface area contributed by atoms with Gasteiger partial charge in [-0.15, -0.1) is 0 Å². The highest BCUT2D eigenvalue weighted by molar-refractivity contribution is 6.05. The Balaban J connectivity index is 1.77. The molecule has 1 heterocycles. The zero-order chi connectivity index (χ0) is 22.9. The summed E-state index contributed by atoms with van der Waals surface area (Å²) in [6, 6.07) is 10.6. The molecule has 32 heavy (non-hydrogen) atoms. The van der Waals surface area contributed by atoms with Gasteiger partial charge in [-0.3, -0.25) is 9.59 Å². The van der Waals surface area contributed by atoms with Gasteiger partial charge in [0.15, 0.2) is 11.5 Å². The molecule has 7 heteroatoms. The van der Waals surface area contributed by atoms with Gasteiger partial charge >= 0.3 is 0 Å². The van der Waals surface area contributed by atoms with E-state index in [1.165, 1.54) is 12.5 Å². The van der Waals surface area contributed by atoms with Gasteiger partial charge in [0.25, 0.3) is 0 Å². The van der Waals surface area contributed by atoms with Crippen molar-refractivity contribution in [3.8, 4) is 11.5 Å². The summed E-state index contributed by atoms with van der Waals surface area (Å²) in [5.74, 6) is 0.322. The Morgan fingerprint density at radius 2 is 1.91 bits per heavy atom. The van der Waals surface area contributed by atoms with Crippen molar-refractivity contribution < 1.29 is 19.1 Å². The molecule has 0 unspecified atom stereocenters. The number of hydrogen-bond donors (Lipinski definition) is 2. The summed E-state index contributed by atoms with van der Waals surface area (Å²) in [5.41, 5.74) is 8.04. The fourth-order valence-corrected chi connectivity index (χ4v) is 3.60. The Morgan fingerprint density at radius 3 is 2.59 bits per heavy atom. The van der Waals surface area contributed by atoms with E-state index < -0.39 is 5.91 Å². The topological polar surface area (TPSA) is 93.9 Å². The van der Waals surface area contributed by atoms with E-state index in [1.807, 2.05) is 12.1 Å². The van der Waals surface area contributed by atoms with Gasteiger partial charge in [0.05, 0.1) is 18.5 Å². The van der Waals surface area contributed by atoms with Crippen LogP contribution in [0.2, 0.25) is 0 Å². The Morgan fingerprint density at radius 1 is 1.12 bits per heavy atom. The van der Waals surface area contributed by atoms with E-state index in [9.17, 15) is 9.59 Å². The van der Waals surface area contributed by atoms with Crippen molar-refractivity contribution in [3.63, 3.8) is 0 Å². The van der Waals surface area contributed by atoms with Gasteiger partial charge in [-0.1, -0.05) is 18.7 Å². The first kappa shape index (κ1) is 22.9. The van der Waals surface area contributed by atoms with E-state index in [1.54, 1.807) is 43.5 Å². The average molecular weight is 436 g/mol. The first-order chi connectivity index (χ1) is 15.5. The minimum Gasteiger partial charge on any atom is -0.493 e. The van der Waals surface area contributed by atoms with Crippen LogP contribution in [0.15, 0.2) is 55.1 Å². The standard InChI is InChI=1S/C25H29N3O4/c1-3-15-32-22-11-7-18(16-23(22)31-2)8-12-24(29)27-20-17-19(25(26)30)9-10-21(20)28-13-5-4-6-14-28/h3,7-12,16-17H,1,4-6,13-15H2,2H3,(H2,26,30)(H,27,29)/b12-8+. The fraction of sp³-hybridized carbons (Fsp3) is 0.280. The summed E-state index contributed by atoms with van der Waals surface area (Å²) < 4.78 is 10.9. The SMILES string of the molecule is C=CCOc1ccc(/C=C/C(=O)Nc2cc(C(N)=O)ccc2N2CCCCC2)cc1OC. The number of hydrogen-bond acceptors (Lipinski definition) is 5. The number of methoxy groups -OCH3 is 1. The van der Waals surface area contributed by atoms with Crippen LogP contribution >= 0.6 is 0 Å². The van der Waals surface area contributed by atoms with Crippen LogP contribution in [0.3, 0.4) is 0 Å². The monoisotopic (exact) mass is 435 g/mol. The zero-order valence-electron chi connectivity index (χ0n) is 18.3. The molecule has 2 aromatic rings. The molecule has 168 valence electrons. The number of ether oxygens (including phenoxy) is 2.